The number of methoxy groups -OCH3 is 1. The van der Waals surface area contributed by atoms with Crippen molar-refractivity contribution in [3.8, 4) is 5.75 Å². The summed E-state index contributed by atoms with van der Waals surface area (Å²) < 4.78 is 6.49. The highest BCUT2D eigenvalue weighted by Gasteiger charge is 2.23. The molecular formula is C15H23BrN2O. The average molecular weight is 327 g/mol. The van der Waals surface area contributed by atoms with Crippen LogP contribution in [0.25, 0.3) is 0 Å². The van der Waals surface area contributed by atoms with E-state index in [0.29, 0.717) is 12.0 Å². The van der Waals surface area contributed by atoms with Gasteiger partial charge >= 0.3 is 0 Å². The Bertz CT molecular complexity index is 425. The number of benzene rings is 1. The fourth-order valence-electron chi connectivity index (χ4n) is 2.77. The van der Waals surface area contributed by atoms with E-state index in [0.717, 1.165) is 15.9 Å². The van der Waals surface area contributed by atoms with Gasteiger partial charge in [0.25, 0.3) is 0 Å². The van der Waals surface area contributed by atoms with Crippen molar-refractivity contribution < 1.29 is 4.74 Å². The van der Waals surface area contributed by atoms with Crippen molar-refractivity contribution in [2.45, 2.75) is 25.8 Å². The van der Waals surface area contributed by atoms with E-state index in [1.807, 2.05) is 12.1 Å². The van der Waals surface area contributed by atoms with Crippen LogP contribution in [0, 0.1) is 5.92 Å². The molecule has 3 nitrogen and oxygen atoms in total. The van der Waals surface area contributed by atoms with Crippen LogP contribution in [0.1, 0.15) is 19.8 Å². The summed E-state index contributed by atoms with van der Waals surface area (Å²) in [6.45, 7) is 4.66. The van der Waals surface area contributed by atoms with E-state index in [1.54, 1.807) is 7.11 Å². The molecule has 1 saturated heterocycles. The molecule has 0 saturated carbocycles. The smallest absolute Gasteiger partial charge is 0.142 e. The largest absolute Gasteiger partial charge is 0.495 e. The molecule has 0 spiro atoms. The molecule has 0 bridgehead atoms. The lowest BCUT2D eigenvalue weighted by atomic mass is 9.91. The maximum Gasteiger partial charge on any atom is 0.142 e. The summed E-state index contributed by atoms with van der Waals surface area (Å²) in [4.78, 5) is 2.42. The molecule has 1 aromatic carbocycles. The quantitative estimate of drug-likeness (QED) is 0.914. The molecule has 1 aliphatic rings. The van der Waals surface area contributed by atoms with Gasteiger partial charge in [-0.15, -0.1) is 0 Å². The number of piperidine rings is 1. The van der Waals surface area contributed by atoms with E-state index < -0.39 is 0 Å². The Morgan fingerprint density at radius 1 is 1.47 bits per heavy atom. The molecule has 1 heterocycles. The second-order valence-electron chi connectivity index (χ2n) is 5.44. The van der Waals surface area contributed by atoms with Gasteiger partial charge in [0.15, 0.2) is 0 Å². The van der Waals surface area contributed by atoms with E-state index in [1.165, 1.54) is 25.9 Å². The number of nitrogens with zero attached hydrogens (tertiary/aromatic N) is 1. The van der Waals surface area contributed by atoms with Crippen molar-refractivity contribution in [2.75, 3.05) is 32.6 Å². The normalized spacial score (nSPS) is 22.0. The molecular weight excluding hydrogens is 304 g/mol. The summed E-state index contributed by atoms with van der Waals surface area (Å²) in [5.74, 6) is 1.60. The van der Waals surface area contributed by atoms with Crippen LogP contribution in [-0.4, -0.2) is 38.2 Å². The summed E-state index contributed by atoms with van der Waals surface area (Å²) in [7, 11) is 3.92. The summed E-state index contributed by atoms with van der Waals surface area (Å²) in [5.41, 5.74) is 1.07. The van der Waals surface area contributed by atoms with Crippen LogP contribution in [0.4, 0.5) is 5.69 Å². The van der Waals surface area contributed by atoms with Gasteiger partial charge in [0.05, 0.1) is 12.8 Å². The van der Waals surface area contributed by atoms with Gasteiger partial charge in [-0.25, -0.2) is 0 Å². The van der Waals surface area contributed by atoms with Crippen molar-refractivity contribution in [1.82, 2.24) is 4.90 Å². The molecule has 1 N–H and O–H groups in total. The van der Waals surface area contributed by atoms with Gasteiger partial charge in [0, 0.05) is 17.1 Å². The van der Waals surface area contributed by atoms with Crippen molar-refractivity contribution >= 4 is 21.6 Å². The van der Waals surface area contributed by atoms with Crippen molar-refractivity contribution in [3.05, 3.63) is 22.7 Å². The third kappa shape index (κ3) is 3.86. The highest BCUT2D eigenvalue weighted by atomic mass is 79.9. The first kappa shape index (κ1) is 14.7. The molecule has 0 radical (unpaired) electrons. The monoisotopic (exact) mass is 326 g/mol. The van der Waals surface area contributed by atoms with E-state index >= 15 is 0 Å². The third-order valence-electron chi connectivity index (χ3n) is 3.91. The van der Waals surface area contributed by atoms with Crippen LogP contribution in [0.3, 0.4) is 0 Å². The molecule has 2 rings (SSSR count). The third-order valence-corrected chi connectivity index (χ3v) is 4.41. The topological polar surface area (TPSA) is 24.5 Å². The molecule has 1 aromatic rings. The number of halogens is 1. The zero-order chi connectivity index (χ0) is 13.8. The Hall–Kier alpha value is -0.740. The predicted molar refractivity (Wildman–Crippen MR) is 84.0 cm³/mol. The average Bonchev–Trinajstić information content (AvgIpc) is 2.39. The molecule has 0 aliphatic carbocycles. The van der Waals surface area contributed by atoms with Gasteiger partial charge in [-0.3, -0.25) is 0 Å². The Kier molecular flexibility index (Phi) is 5.11. The second kappa shape index (κ2) is 6.62. The SMILES string of the molecule is COc1ccc(Br)cc1NC(C)C1CCCN(C)C1. The minimum absolute atomic E-state index is 0.450. The number of hydrogen-bond acceptors (Lipinski definition) is 3. The highest BCUT2D eigenvalue weighted by Crippen LogP contribution is 2.30. The van der Waals surface area contributed by atoms with E-state index in [-0.39, 0.29) is 0 Å². The maximum absolute atomic E-state index is 5.42. The van der Waals surface area contributed by atoms with Crippen molar-refractivity contribution in [2.24, 2.45) is 5.92 Å². The zero-order valence-electron chi connectivity index (χ0n) is 11.9. The first-order valence-corrected chi connectivity index (χ1v) is 7.68. The van der Waals surface area contributed by atoms with E-state index in [2.05, 4.69) is 46.2 Å². The molecule has 1 fully saturated rings. The van der Waals surface area contributed by atoms with Crippen LogP contribution in [0.15, 0.2) is 22.7 Å². The first-order chi connectivity index (χ1) is 9.10. The molecule has 2 atom stereocenters. The molecule has 19 heavy (non-hydrogen) atoms. The number of hydrogen-bond donors (Lipinski definition) is 1. The lowest BCUT2D eigenvalue weighted by Gasteiger charge is -2.34. The minimum atomic E-state index is 0.450. The van der Waals surface area contributed by atoms with Gasteiger partial charge in [-0.2, -0.15) is 0 Å². The summed E-state index contributed by atoms with van der Waals surface area (Å²) in [5, 5.41) is 3.61. The fourth-order valence-corrected chi connectivity index (χ4v) is 3.13. The molecule has 4 heteroatoms. The number of likely N-dealkylation sites (tertiary alicyclic amines) is 1. The number of rotatable bonds is 4. The van der Waals surface area contributed by atoms with E-state index in [9.17, 15) is 0 Å². The molecule has 2 unspecified atom stereocenters. The van der Waals surface area contributed by atoms with Crippen LogP contribution >= 0.6 is 15.9 Å². The number of nitrogens with one attached hydrogen (secondary N) is 1. The predicted octanol–water partition coefficient (Wildman–Crippen LogP) is 3.60. The van der Waals surface area contributed by atoms with Gasteiger partial charge in [0.1, 0.15) is 5.75 Å². The van der Waals surface area contributed by atoms with Crippen LogP contribution in [-0.2, 0) is 0 Å². The fraction of sp³-hybridized carbons (Fsp3) is 0.600. The Balaban J connectivity index is 2.05. The number of ether oxygens (including phenoxy) is 1. The first-order valence-electron chi connectivity index (χ1n) is 6.88. The van der Waals surface area contributed by atoms with Crippen LogP contribution in [0.5, 0.6) is 5.75 Å². The van der Waals surface area contributed by atoms with Gasteiger partial charge in [-0.1, -0.05) is 15.9 Å². The maximum atomic E-state index is 5.42. The summed E-state index contributed by atoms with van der Waals surface area (Å²) in [6.07, 6.45) is 2.59. The lowest BCUT2D eigenvalue weighted by Crippen LogP contribution is -2.39. The lowest BCUT2D eigenvalue weighted by molar-refractivity contribution is 0.197. The summed E-state index contributed by atoms with van der Waals surface area (Å²) in [6, 6.07) is 6.53. The Morgan fingerprint density at radius 3 is 2.95 bits per heavy atom. The van der Waals surface area contributed by atoms with Crippen LogP contribution in [0.2, 0.25) is 0 Å². The van der Waals surface area contributed by atoms with Gasteiger partial charge in [0.2, 0.25) is 0 Å². The van der Waals surface area contributed by atoms with Gasteiger partial charge in [-0.05, 0) is 57.5 Å². The Labute approximate surface area is 124 Å². The van der Waals surface area contributed by atoms with Crippen molar-refractivity contribution in [3.63, 3.8) is 0 Å². The molecule has 0 amide bonds. The van der Waals surface area contributed by atoms with Crippen molar-refractivity contribution in [1.29, 1.82) is 0 Å². The molecule has 106 valence electrons. The molecule has 0 aromatic heterocycles. The highest BCUT2D eigenvalue weighted by molar-refractivity contribution is 9.10. The molecule has 1 aliphatic heterocycles. The van der Waals surface area contributed by atoms with E-state index in [4.69, 9.17) is 4.74 Å². The zero-order valence-corrected chi connectivity index (χ0v) is 13.5. The second-order valence-corrected chi connectivity index (χ2v) is 6.36. The minimum Gasteiger partial charge on any atom is -0.495 e. The van der Waals surface area contributed by atoms with Crippen LogP contribution < -0.4 is 10.1 Å². The summed E-state index contributed by atoms with van der Waals surface area (Å²) >= 11 is 3.52. The standard InChI is InChI=1S/C15H23BrN2O/c1-11(12-5-4-8-18(2)10-12)17-14-9-13(16)6-7-15(14)19-3/h6-7,9,11-12,17H,4-5,8,10H2,1-3H3. The number of anilines is 1. The van der Waals surface area contributed by atoms with Gasteiger partial charge < -0.3 is 15.0 Å². The Morgan fingerprint density at radius 2 is 2.26 bits per heavy atom.